The summed E-state index contributed by atoms with van der Waals surface area (Å²) in [6.45, 7) is 6.56. The molecule has 0 amide bonds. The normalized spacial score (nSPS) is 15.0. The lowest BCUT2D eigenvalue weighted by molar-refractivity contribution is 0.0339. The fourth-order valence-electron chi connectivity index (χ4n) is 2.30. The van der Waals surface area contributed by atoms with Crippen molar-refractivity contribution >= 4 is 0 Å². The van der Waals surface area contributed by atoms with Crippen molar-refractivity contribution in [2.75, 3.05) is 33.7 Å². The van der Waals surface area contributed by atoms with E-state index in [0.29, 0.717) is 13.1 Å². The van der Waals surface area contributed by atoms with Gasteiger partial charge in [-0.1, -0.05) is 45.4 Å². The molecule has 0 spiro atoms. The van der Waals surface area contributed by atoms with Gasteiger partial charge in [0.25, 0.3) is 0 Å². The lowest BCUT2D eigenvalue weighted by Crippen LogP contribution is -2.45. The number of nitrogens with one attached hydrogen (secondary N) is 1. The van der Waals surface area contributed by atoms with Gasteiger partial charge in [0, 0.05) is 13.1 Å². The van der Waals surface area contributed by atoms with E-state index in [1.807, 2.05) is 25.9 Å². The highest BCUT2D eigenvalue weighted by Crippen LogP contribution is 2.07. The van der Waals surface area contributed by atoms with Crippen molar-refractivity contribution in [2.45, 2.75) is 64.4 Å². The quantitative estimate of drug-likeness (QED) is 0.528. The molecule has 18 heavy (non-hydrogen) atoms. The van der Waals surface area contributed by atoms with Crippen LogP contribution in [0.25, 0.3) is 0 Å². The molecule has 0 rings (SSSR count). The van der Waals surface area contributed by atoms with Crippen LogP contribution in [0, 0.1) is 0 Å². The summed E-state index contributed by atoms with van der Waals surface area (Å²) in [5, 5.41) is 13.4. The number of hydrogen-bond acceptors (Lipinski definition) is 3. The van der Waals surface area contributed by atoms with E-state index in [-0.39, 0.29) is 0 Å². The van der Waals surface area contributed by atoms with Crippen LogP contribution in [0.2, 0.25) is 0 Å². The van der Waals surface area contributed by atoms with E-state index in [2.05, 4.69) is 12.2 Å². The monoisotopic (exact) mass is 258 g/mol. The van der Waals surface area contributed by atoms with E-state index in [1.54, 1.807) is 0 Å². The zero-order chi connectivity index (χ0) is 13.9. The molecule has 0 fully saturated rings. The van der Waals surface area contributed by atoms with Crippen LogP contribution in [0.1, 0.15) is 58.8 Å². The van der Waals surface area contributed by atoms with Gasteiger partial charge in [0.05, 0.1) is 5.60 Å². The average Bonchev–Trinajstić information content (AvgIpc) is 2.25. The van der Waals surface area contributed by atoms with Crippen molar-refractivity contribution in [3.05, 3.63) is 0 Å². The smallest absolute Gasteiger partial charge is 0.0869 e. The molecule has 0 saturated carbocycles. The number of unbranched alkanes of at least 4 members (excludes halogenated alkanes) is 6. The number of rotatable bonds is 12. The highest BCUT2D eigenvalue weighted by Gasteiger charge is 2.20. The summed E-state index contributed by atoms with van der Waals surface area (Å²) < 4.78 is 0. The van der Waals surface area contributed by atoms with Crippen LogP contribution < -0.4 is 5.32 Å². The Bertz CT molecular complexity index is 181. The van der Waals surface area contributed by atoms with Crippen LogP contribution in [0.15, 0.2) is 0 Å². The summed E-state index contributed by atoms with van der Waals surface area (Å²) in [7, 11) is 3.98. The molecule has 110 valence electrons. The van der Waals surface area contributed by atoms with E-state index in [1.165, 1.54) is 44.9 Å². The van der Waals surface area contributed by atoms with Gasteiger partial charge < -0.3 is 15.3 Å². The van der Waals surface area contributed by atoms with E-state index in [9.17, 15) is 5.11 Å². The van der Waals surface area contributed by atoms with Crippen molar-refractivity contribution in [1.29, 1.82) is 0 Å². The van der Waals surface area contributed by atoms with Gasteiger partial charge in [-0.25, -0.2) is 0 Å². The summed E-state index contributed by atoms with van der Waals surface area (Å²) in [6.07, 6.45) is 9.37. The molecule has 0 radical (unpaired) electrons. The molecule has 2 N–H and O–H groups in total. The molecule has 0 aliphatic rings. The molecule has 0 aliphatic carbocycles. The number of likely N-dealkylation sites (N-methyl/N-ethyl adjacent to an activating group) is 1. The van der Waals surface area contributed by atoms with Gasteiger partial charge in [0.2, 0.25) is 0 Å². The molecule has 0 aromatic heterocycles. The topological polar surface area (TPSA) is 35.5 Å². The molecule has 3 nitrogen and oxygen atoms in total. The maximum absolute atomic E-state index is 10.1. The van der Waals surface area contributed by atoms with Gasteiger partial charge in [-0.3, -0.25) is 0 Å². The molecular formula is C15H34N2O. The molecule has 1 atom stereocenters. The van der Waals surface area contributed by atoms with Gasteiger partial charge in [0.1, 0.15) is 0 Å². The van der Waals surface area contributed by atoms with Crippen LogP contribution in [-0.4, -0.2) is 49.3 Å². The minimum Gasteiger partial charge on any atom is -0.388 e. The fourth-order valence-corrected chi connectivity index (χ4v) is 2.30. The molecule has 0 aromatic carbocycles. The molecule has 0 aliphatic heterocycles. The summed E-state index contributed by atoms with van der Waals surface area (Å²) in [5.41, 5.74) is -0.620. The average molecular weight is 258 g/mol. The van der Waals surface area contributed by atoms with Crippen molar-refractivity contribution in [3.8, 4) is 0 Å². The molecule has 1 unspecified atom stereocenters. The molecule has 3 heteroatoms. The summed E-state index contributed by atoms with van der Waals surface area (Å²) >= 11 is 0. The highest BCUT2D eigenvalue weighted by molar-refractivity contribution is 4.77. The standard InChI is InChI=1S/C15H34N2O/c1-5-6-7-8-9-10-11-12-16-13-15(2,18)14-17(3)4/h16,18H,5-14H2,1-4H3. The third kappa shape index (κ3) is 12.3. The SMILES string of the molecule is CCCCCCCCCNCC(C)(O)CN(C)C. The van der Waals surface area contributed by atoms with Crippen molar-refractivity contribution < 1.29 is 5.11 Å². The maximum Gasteiger partial charge on any atom is 0.0869 e. The number of aliphatic hydroxyl groups is 1. The Balaban J connectivity index is 3.29. The summed E-state index contributed by atoms with van der Waals surface area (Å²) in [5.74, 6) is 0. The Labute approximate surface area is 114 Å². The first-order valence-electron chi connectivity index (χ1n) is 7.56. The second-order valence-corrected chi connectivity index (χ2v) is 6.03. The lowest BCUT2D eigenvalue weighted by Gasteiger charge is -2.27. The van der Waals surface area contributed by atoms with E-state index in [4.69, 9.17) is 0 Å². The molecule has 0 heterocycles. The predicted octanol–water partition coefficient (Wildman–Crippen LogP) is 2.64. The number of hydrogen-bond donors (Lipinski definition) is 2. The Morgan fingerprint density at radius 1 is 1.00 bits per heavy atom. The van der Waals surface area contributed by atoms with Crippen LogP contribution in [-0.2, 0) is 0 Å². The second kappa shape index (κ2) is 10.8. The highest BCUT2D eigenvalue weighted by atomic mass is 16.3. The van der Waals surface area contributed by atoms with Gasteiger partial charge in [-0.05, 0) is 34.0 Å². The zero-order valence-corrected chi connectivity index (χ0v) is 13.0. The molecule has 0 saturated heterocycles. The Morgan fingerprint density at radius 2 is 1.56 bits per heavy atom. The van der Waals surface area contributed by atoms with Crippen molar-refractivity contribution in [3.63, 3.8) is 0 Å². The van der Waals surface area contributed by atoms with Gasteiger partial charge in [-0.2, -0.15) is 0 Å². The van der Waals surface area contributed by atoms with Gasteiger partial charge in [0.15, 0.2) is 0 Å². The Kier molecular flexibility index (Phi) is 10.7. The first kappa shape index (κ1) is 17.9. The van der Waals surface area contributed by atoms with E-state index >= 15 is 0 Å². The van der Waals surface area contributed by atoms with Crippen molar-refractivity contribution in [2.24, 2.45) is 0 Å². The minimum absolute atomic E-state index is 0.620. The van der Waals surface area contributed by atoms with E-state index < -0.39 is 5.60 Å². The van der Waals surface area contributed by atoms with Crippen LogP contribution in [0.3, 0.4) is 0 Å². The third-order valence-corrected chi connectivity index (χ3v) is 3.12. The zero-order valence-electron chi connectivity index (χ0n) is 13.0. The fraction of sp³-hybridized carbons (Fsp3) is 1.00. The van der Waals surface area contributed by atoms with Crippen LogP contribution in [0.5, 0.6) is 0 Å². The van der Waals surface area contributed by atoms with E-state index in [0.717, 1.165) is 6.54 Å². The largest absolute Gasteiger partial charge is 0.388 e. The Morgan fingerprint density at radius 3 is 2.11 bits per heavy atom. The third-order valence-electron chi connectivity index (χ3n) is 3.12. The predicted molar refractivity (Wildman–Crippen MR) is 80.0 cm³/mol. The lowest BCUT2D eigenvalue weighted by atomic mass is 10.1. The number of nitrogens with zero attached hydrogens (tertiary/aromatic N) is 1. The Hall–Kier alpha value is -0.120. The summed E-state index contributed by atoms with van der Waals surface area (Å²) in [4.78, 5) is 2.02. The molecule has 0 aromatic rings. The first-order chi connectivity index (χ1) is 8.48. The minimum atomic E-state index is -0.620. The van der Waals surface area contributed by atoms with Gasteiger partial charge >= 0.3 is 0 Å². The van der Waals surface area contributed by atoms with Crippen molar-refractivity contribution in [1.82, 2.24) is 10.2 Å². The summed E-state index contributed by atoms with van der Waals surface area (Å²) in [6, 6.07) is 0. The van der Waals surface area contributed by atoms with Crippen LogP contribution in [0.4, 0.5) is 0 Å². The molecule has 0 bridgehead atoms. The second-order valence-electron chi connectivity index (χ2n) is 6.03. The van der Waals surface area contributed by atoms with Crippen LogP contribution >= 0.6 is 0 Å². The molecular weight excluding hydrogens is 224 g/mol. The van der Waals surface area contributed by atoms with Gasteiger partial charge in [-0.15, -0.1) is 0 Å². The maximum atomic E-state index is 10.1. The first-order valence-corrected chi connectivity index (χ1v) is 7.56.